The van der Waals surface area contributed by atoms with Gasteiger partial charge in [-0.1, -0.05) is 0 Å². The Morgan fingerprint density at radius 1 is 1.32 bits per heavy atom. The highest BCUT2D eigenvalue weighted by Gasteiger charge is 2.14. The van der Waals surface area contributed by atoms with Gasteiger partial charge in [0.25, 0.3) is 0 Å². The third-order valence-electron chi connectivity index (χ3n) is 3.41. The second-order valence-electron chi connectivity index (χ2n) is 5.11. The first-order valence-electron chi connectivity index (χ1n) is 7.23. The minimum Gasteiger partial charge on any atom is -0.497 e. The molecule has 0 radical (unpaired) electrons. The lowest BCUT2D eigenvalue weighted by Crippen LogP contribution is -2.25. The maximum atomic E-state index is 10.3. The van der Waals surface area contributed by atoms with Crippen LogP contribution in [0.3, 0.4) is 0 Å². The van der Waals surface area contributed by atoms with E-state index in [2.05, 4.69) is 10.4 Å². The predicted molar refractivity (Wildman–Crippen MR) is 84.3 cm³/mol. The quantitative estimate of drug-likeness (QED) is 0.724. The molecule has 0 aliphatic heterocycles. The number of benzene rings is 1. The summed E-state index contributed by atoms with van der Waals surface area (Å²) in [6.07, 6.45) is 3.16. The summed E-state index contributed by atoms with van der Waals surface area (Å²) in [5.74, 6) is 1.35. The van der Waals surface area contributed by atoms with E-state index in [1.54, 1.807) is 26.4 Å². The van der Waals surface area contributed by atoms with Gasteiger partial charge in [0, 0.05) is 24.8 Å². The van der Waals surface area contributed by atoms with Gasteiger partial charge in [-0.2, -0.15) is 5.10 Å². The molecule has 6 nitrogen and oxygen atoms in total. The highest BCUT2D eigenvalue weighted by Crippen LogP contribution is 2.28. The maximum absolute atomic E-state index is 10.3. The lowest BCUT2D eigenvalue weighted by atomic mass is 10.1. The molecule has 0 spiro atoms. The second kappa shape index (κ2) is 7.82. The van der Waals surface area contributed by atoms with Gasteiger partial charge in [0.1, 0.15) is 11.5 Å². The van der Waals surface area contributed by atoms with Gasteiger partial charge in [-0.05, 0) is 30.7 Å². The molecule has 22 heavy (non-hydrogen) atoms. The SMILES string of the molecule is COc1ccc(OC)c([C@H](O)CNCCn2cc(C)cn2)c1. The Morgan fingerprint density at radius 3 is 2.77 bits per heavy atom. The smallest absolute Gasteiger partial charge is 0.124 e. The zero-order valence-corrected chi connectivity index (χ0v) is 13.2. The molecular weight excluding hydrogens is 282 g/mol. The van der Waals surface area contributed by atoms with Gasteiger partial charge in [-0.25, -0.2) is 0 Å². The van der Waals surface area contributed by atoms with Crippen molar-refractivity contribution in [2.75, 3.05) is 27.3 Å². The summed E-state index contributed by atoms with van der Waals surface area (Å²) in [7, 11) is 3.19. The largest absolute Gasteiger partial charge is 0.497 e. The number of rotatable bonds is 8. The molecule has 2 rings (SSSR count). The first-order chi connectivity index (χ1) is 10.6. The first kappa shape index (κ1) is 16.3. The Bertz CT molecular complexity index is 598. The van der Waals surface area contributed by atoms with Gasteiger partial charge in [0.15, 0.2) is 0 Å². The molecule has 0 unspecified atom stereocenters. The van der Waals surface area contributed by atoms with Crippen LogP contribution < -0.4 is 14.8 Å². The highest BCUT2D eigenvalue weighted by atomic mass is 16.5. The van der Waals surface area contributed by atoms with Crippen molar-refractivity contribution in [1.29, 1.82) is 0 Å². The van der Waals surface area contributed by atoms with Crippen molar-refractivity contribution in [3.05, 3.63) is 41.7 Å². The Hall–Kier alpha value is -2.05. The van der Waals surface area contributed by atoms with Crippen molar-refractivity contribution in [2.24, 2.45) is 0 Å². The van der Waals surface area contributed by atoms with E-state index >= 15 is 0 Å². The topological polar surface area (TPSA) is 68.5 Å². The standard InChI is InChI=1S/C16H23N3O3/c1-12-9-18-19(11-12)7-6-17-10-15(20)14-8-13(21-2)4-5-16(14)22-3/h4-5,8-9,11,15,17,20H,6-7,10H2,1-3H3/t15-/m1/s1. The van der Waals surface area contributed by atoms with Crippen molar-refractivity contribution in [2.45, 2.75) is 19.6 Å². The van der Waals surface area contributed by atoms with Crippen LogP contribution in [-0.4, -0.2) is 42.2 Å². The number of methoxy groups -OCH3 is 2. The Kier molecular flexibility index (Phi) is 5.80. The summed E-state index contributed by atoms with van der Waals surface area (Å²) < 4.78 is 12.4. The van der Waals surface area contributed by atoms with Gasteiger partial charge in [0.2, 0.25) is 0 Å². The Labute approximate surface area is 130 Å². The number of aliphatic hydroxyl groups is 1. The number of hydrogen-bond donors (Lipinski definition) is 2. The lowest BCUT2D eigenvalue weighted by Gasteiger charge is -2.16. The Balaban J connectivity index is 1.87. The van der Waals surface area contributed by atoms with Crippen LogP contribution in [0.2, 0.25) is 0 Å². The van der Waals surface area contributed by atoms with E-state index in [4.69, 9.17) is 9.47 Å². The van der Waals surface area contributed by atoms with Crippen LogP contribution in [0, 0.1) is 6.92 Å². The van der Waals surface area contributed by atoms with Crippen LogP contribution >= 0.6 is 0 Å². The van der Waals surface area contributed by atoms with Crippen molar-refractivity contribution >= 4 is 0 Å². The first-order valence-corrected chi connectivity index (χ1v) is 7.23. The molecule has 0 fully saturated rings. The van der Waals surface area contributed by atoms with Crippen molar-refractivity contribution in [3.8, 4) is 11.5 Å². The molecule has 2 N–H and O–H groups in total. The van der Waals surface area contributed by atoms with Crippen LogP contribution in [0.25, 0.3) is 0 Å². The third kappa shape index (κ3) is 4.22. The zero-order chi connectivity index (χ0) is 15.9. The highest BCUT2D eigenvalue weighted by molar-refractivity contribution is 5.41. The van der Waals surface area contributed by atoms with Crippen molar-refractivity contribution in [3.63, 3.8) is 0 Å². The van der Waals surface area contributed by atoms with Crippen LogP contribution in [-0.2, 0) is 6.54 Å². The number of ether oxygens (including phenoxy) is 2. The monoisotopic (exact) mass is 305 g/mol. The predicted octanol–water partition coefficient (Wildman–Crippen LogP) is 1.53. The summed E-state index contributed by atoms with van der Waals surface area (Å²) in [5.41, 5.74) is 1.85. The van der Waals surface area contributed by atoms with Crippen LogP contribution in [0.4, 0.5) is 0 Å². The molecule has 0 amide bonds. The van der Waals surface area contributed by atoms with Crippen LogP contribution in [0.15, 0.2) is 30.6 Å². The number of nitrogens with one attached hydrogen (secondary N) is 1. The summed E-state index contributed by atoms with van der Waals surface area (Å²) in [6.45, 7) is 3.93. The van der Waals surface area contributed by atoms with Gasteiger partial charge in [0.05, 0.1) is 33.1 Å². The van der Waals surface area contributed by atoms with E-state index < -0.39 is 6.10 Å². The molecule has 0 saturated heterocycles. The lowest BCUT2D eigenvalue weighted by molar-refractivity contribution is 0.169. The van der Waals surface area contributed by atoms with Gasteiger partial charge >= 0.3 is 0 Å². The number of hydrogen-bond acceptors (Lipinski definition) is 5. The van der Waals surface area contributed by atoms with Crippen molar-refractivity contribution in [1.82, 2.24) is 15.1 Å². The fraction of sp³-hybridized carbons (Fsp3) is 0.438. The van der Waals surface area contributed by atoms with Gasteiger partial charge < -0.3 is 19.9 Å². The molecule has 6 heteroatoms. The average molecular weight is 305 g/mol. The molecule has 1 atom stereocenters. The molecule has 1 heterocycles. The second-order valence-corrected chi connectivity index (χ2v) is 5.11. The summed E-state index contributed by atoms with van der Waals surface area (Å²) in [6, 6.07) is 5.40. The van der Waals surface area contributed by atoms with E-state index in [1.807, 2.05) is 30.1 Å². The summed E-state index contributed by atoms with van der Waals surface area (Å²) >= 11 is 0. The molecular formula is C16H23N3O3. The molecule has 0 aliphatic rings. The molecule has 2 aromatic rings. The van der Waals surface area contributed by atoms with Crippen LogP contribution in [0.1, 0.15) is 17.2 Å². The fourth-order valence-electron chi connectivity index (χ4n) is 2.23. The zero-order valence-electron chi connectivity index (χ0n) is 13.2. The number of aliphatic hydroxyl groups excluding tert-OH is 1. The molecule has 0 saturated carbocycles. The van der Waals surface area contributed by atoms with Crippen LogP contribution in [0.5, 0.6) is 11.5 Å². The van der Waals surface area contributed by atoms with Crippen molar-refractivity contribution < 1.29 is 14.6 Å². The minimum atomic E-state index is -0.663. The minimum absolute atomic E-state index is 0.434. The average Bonchev–Trinajstić information content (AvgIpc) is 2.96. The number of nitrogens with zero attached hydrogens (tertiary/aromatic N) is 2. The maximum Gasteiger partial charge on any atom is 0.124 e. The van der Waals surface area contributed by atoms with E-state index in [0.717, 1.165) is 18.7 Å². The summed E-state index contributed by atoms with van der Waals surface area (Å²) in [5, 5.41) is 17.8. The van der Waals surface area contributed by atoms with E-state index in [-0.39, 0.29) is 0 Å². The molecule has 120 valence electrons. The molecule has 0 bridgehead atoms. The molecule has 1 aromatic heterocycles. The van der Waals surface area contributed by atoms with Gasteiger partial charge in [-0.15, -0.1) is 0 Å². The van der Waals surface area contributed by atoms with E-state index in [9.17, 15) is 5.11 Å². The van der Waals surface area contributed by atoms with E-state index in [1.165, 1.54) is 0 Å². The molecule has 1 aromatic carbocycles. The number of aryl methyl sites for hydroxylation is 1. The molecule has 0 aliphatic carbocycles. The number of aromatic nitrogens is 2. The Morgan fingerprint density at radius 2 is 2.14 bits per heavy atom. The van der Waals surface area contributed by atoms with Gasteiger partial charge in [-0.3, -0.25) is 4.68 Å². The normalized spacial score (nSPS) is 12.2. The van der Waals surface area contributed by atoms with E-state index in [0.29, 0.717) is 23.6 Å². The third-order valence-corrected chi connectivity index (χ3v) is 3.41. The summed E-state index contributed by atoms with van der Waals surface area (Å²) in [4.78, 5) is 0. The fourth-order valence-corrected chi connectivity index (χ4v) is 2.23.